The standard InChI is InChI=1S/C51H57F2N11O7S/c1-7-46(65)56-41-31-42(58-48-54-23-20-40(57-48)38-33-62(4)43-17-12-11-16-36(38)43)45(69-6)32-44(41)61(3)25-24-60(2)26-27-70-28-29-71-63(5)50(68)64-51(21-13-22-55-49(66)67,34-14-9-8-10-15-34)72-47(59-64)37-30-35(52)18-19-39(37)53/h7-12,14-20,23,30-33,55H,1,13,21-22,24-29H2,2-6H3,(H,56,65)(H,66,67)(H,54,57,58)/t51-/m0/s1. The molecule has 0 radical (unpaired) electrons. The van der Waals surface area contributed by atoms with Crippen LogP contribution in [0.15, 0.2) is 121 Å². The maximum Gasteiger partial charge on any atom is 0.404 e. The number of halogens is 2. The third-order valence-electron chi connectivity index (χ3n) is 11.8. The molecule has 6 aromatic rings. The number of benzene rings is 4. The van der Waals surface area contributed by atoms with Crippen molar-refractivity contribution in [2.75, 3.05) is 89.8 Å². The third kappa shape index (κ3) is 12.5. The number of nitrogens with one attached hydrogen (secondary N) is 3. The number of likely N-dealkylation sites (N-methyl/N-ethyl adjacent to an activating group) is 2. The fourth-order valence-electron chi connectivity index (χ4n) is 8.03. The van der Waals surface area contributed by atoms with E-state index in [4.69, 9.17) is 19.3 Å². The summed E-state index contributed by atoms with van der Waals surface area (Å²) in [5, 5.41) is 25.6. The van der Waals surface area contributed by atoms with Crippen LogP contribution in [-0.4, -0.2) is 132 Å². The Morgan fingerprint density at radius 1 is 0.917 bits per heavy atom. The summed E-state index contributed by atoms with van der Waals surface area (Å²) < 4.78 is 43.3. The number of aryl methyl sites for hydroxylation is 1. The van der Waals surface area contributed by atoms with Crippen LogP contribution in [0.5, 0.6) is 5.75 Å². The molecule has 378 valence electrons. The third-order valence-corrected chi connectivity index (χ3v) is 13.2. The van der Waals surface area contributed by atoms with Gasteiger partial charge in [0.1, 0.15) is 27.3 Å². The zero-order chi connectivity index (χ0) is 51.4. The number of para-hydroxylation sites is 1. The molecule has 0 saturated heterocycles. The average molecular weight is 1010 g/mol. The van der Waals surface area contributed by atoms with Crippen molar-refractivity contribution < 1.29 is 42.6 Å². The Morgan fingerprint density at radius 2 is 1.69 bits per heavy atom. The van der Waals surface area contributed by atoms with Crippen molar-refractivity contribution in [2.45, 2.75) is 17.7 Å². The van der Waals surface area contributed by atoms with Crippen LogP contribution in [0.4, 0.5) is 41.4 Å². The van der Waals surface area contributed by atoms with E-state index in [2.05, 4.69) is 54.2 Å². The van der Waals surface area contributed by atoms with Gasteiger partial charge in [0.15, 0.2) is 0 Å². The Labute approximate surface area is 420 Å². The summed E-state index contributed by atoms with van der Waals surface area (Å²) in [6, 6.07) is 24.8. The number of rotatable bonds is 23. The summed E-state index contributed by atoms with van der Waals surface area (Å²) in [6.45, 7) is 5.92. The summed E-state index contributed by atoms with van der Waals surface area (Å²) in [6.07, 6.45) is 4.21. The van der Waals surface area contributed by atoms with Gasteiger partial charge in [0.25, 0.3) is 0 Å². The molecule has 1 atom stereocenters. The molecule has 0 unspecified atom stereocenters. The average Bonchev–Trinajstić information content (AvgIpc) is 3.94. The molecule has 0 bridgehead atoms. The van der Waals surface area contributed by atoms with E-state index >= 15 is 4.39 Å². The molecule has 3 heterocycles. The Bertz CT molecular complexity index is 2930. The number of ether oxygens (including phenoxy) is 2. The molecule has 2 aromatic heterocycles. The number of methoxy groups -OCH3 is 1. The van der Waals surface area contributed by atoms with E-state index in [1.807, 2.05) is 56.5 Å². The topological polar surface area (TPSA) is 191 Å². The summed E-state index contributed by atoms with van der Waals surface area (Å²) in [7, 11) is 8.84. The zero-order valence-electron chi connectivity index (χ0n) is 40.6. The first-order chi connectivity index (χ1) is 34.7. The van der Waals surface area contributed by atoms with Crippen molar-refractivity contribution in [1.29, 1.82) is 0 Å². The predicted molar refractivity (Wildman–Crippen MR) is 275 cm³/mol. The number of hydrogen-bond acceptors (Lipinski definition) is 13. The van der Waals surface area contributed by atoms with Crippen LogP contribution < -0.4 is 25.6 Å². The molecular weight excluding hydrogens is 949 g/mol. The number of aromatic nitrogens is 3. The number of hydroxylamine groups is 2. The van der Waals surface area contributed by atoms with E-state index < -0.39 is 28.6 Å². The lowest BCUT2D eigenvalue weighted by Gasteiger charge is -2.37. The van der Waals surface area contributed by atoms with Crippen molar-refractivity contribution >= 4 is 68.8 Å². The Hall–Kier alpha value is -7.59. The van der Waals surface area contributed by atoms with Gasteiger partial charge in [0, 0.05) is 87.8 Å². The number of carbonyl (C=O) groups excluding carboxylic acids is 2. The van der Waals surface area contributed by atoms with E-state index in [-0.39, 0.29) is 49.1 Å². The summed E-state index contributed by atoms with van der Waals surface area (Å²) in [5.41, 5.74) is 5.05. The molecule has 72 heavy (non-hydrogen) atoms. The number of hydrazone groups is 1. The molecule has 0 saturated carbocycles. The Kier molecular flexibility index (Phi) is 17.4. The van der Waals surface area contributed by atoms with Crippen LogP contribution in [0, 0.1) is 11.6 Å². The predicted octanol–water partition coefficient (Wildman–Crippen LogP) is 8.47. The van der Waals surface area contributed by atoms with E-state index in [0.717, 1.165) is 57.2 Å². The van der Waals surface area contributed by atoms with Gasteiger partial charge in [-0.25, -0.2) is 33.4 Å². The van der Waals surface area contributed by atoms with Gasteiger partial charge in [-0.2, -0.15) is 10.1 Å². The van der Waals surface area contributed by atoms with E-state index in [1.54, 1.807) is 49.7 Å². The lowest BCUT2D eigenvalue weighted by atomic mass is 10.0. The molecule has 4 aromatic carbocycles. The number of carboxylic acid groups (broad SMARTS) is 1. The number of amides is 4. The second-order valence-corrected chi connectivity index (χ2v) is 18.0. The van der Waals surface area contributed by atoms with Crippen molar-refractivity contribution in [2.24, 2.45) is 12.1 Å². The van der Waals surface area contributed by atoms with Crippen LogP contribution in [-0.2, 0) is 26.3 Å². The van der Waals surface area contributed by atoms with Crippen LogP contribution in [0.25, 0.3) is 22.2 Å². The number of carbonyl (C=O) groups is 3. The lowest BCUT2D eigenvalue weighted by Crippen LogP contribution is -2.47. The number of nitrogens with zero attached hydrogens (tertiary/aromatic N) is 8. The van der Waals surface area contributed by atoms with Gasteiger partial charge in [0.05, 0.1) is 49.7 Å². The number of anilines is 4. The minimum Gasteiger partial charge on any atom is -0.494 e. The molecule has 0 fully saturated rings. The first kappa shape index (κ1) is 52.2. The fourth-order valence-corrected chi connectivity index (χ4v) is 9.45. The molecule has 0 spiro atoms. The molecular formula is C51H57F2N11O7S. The highest BCUT2D eigenvalue weighted by atomic mass is 32.2. The SMILES string of the molecule is C=CC(=O)Nc1cc(Nc2nccc(-c3cn(C)c4ccccc34)n2)c(OC)cc1N(C)CCN(C)CCOCCON(C)C(=O)N1N=C(c2cc(F)ccc2F)S[C@@]1(CCCNC(=O)O)c1ccccc1. The maximum absolute atomic E-state index is 15.1. The summed E-state index contributed by atoms with van der Waals surface area (Å²) >= 11 is 1.07. The number of urea groups is 1. The Balaban J connectivity index is 0.940. The fraction of sp³-hybridized carbons (Fsp3) is 0.294. The van der Waals surface area contributed by atoms with Gasteiger partial charge in [-0.3, -0.25) is 9.63 Å². The second kappa shape index (κ2) is 24.0. The van der Waals surface area contributed by atoms with Crippen LogP contribution in [0.1, 0.15) is 24.0 Å². The minimum absolute atomic E-state index is 0.000694. The molecule has 21 heteroatoms. The molecule has 1 aliphatic rings. The van der Waals surface area contributed by atoms with Crippen LogP contribution in [0.2, 0.25) is 0 Å². The highest BCUT2D eigenvalue weighted by Gasteiger charge is 2.50. The van der Waals surface area contributed by atoms with Crippen molar-refractivity contribution in [1.82, 2.24) is 34.8 Å². The largest absolute Gasteiger partial charge is 0.494 e. The van der Waals surface area contributed by atoms with Gasteiger partial charge < -0.3 is 44.9 Å². The quantitative estimate of drug-likeness (QED) is 0.0272. The first-order valence-corrected chi connectivity index (χ1v) is 23.8. The molecule has 18 nitrogen and oxygen atoms in total. The monoisotopic (exact) mass is 1010 g/mol. The van der Waals surface area contributed by atoms with Crippen molar-refractivity contribution in [3.8, 4) is 17.0 Å². The van der Waals surface area contributed by atoms with E-state index in [9.17, 15) is 23.9 Å². The number of fused-ring (bicyclic) bond motifs is 1. The van der Waals surface area contributed by atoms with Gasteiger partial charge in [-0.05, 0) is 67.9 Å². The lowest BCUT2D eigenvalue weighted by molar-refractivity contribution is -0.125. The smallest absolute Gasteiger partial charge is 0.404 e. The Morgan fingerprint density at radius 3 is 2.46 bits per heavy atom. The highest BCUT2D eigenvalue weighted by molar-refractivity contribution is 8.15. The van der Waals surface area contributed by atoms with Crippen LogP contribution >= 0.6 is 11.8 Å². The summed E-state index contributed by atoms with van der Waals surface area (Å²) in [5.74, 6) is -0.943. The van der Waals surface area contributed by atoms with E-state index in [1.165, 1.54) is 18.1 Å². The molecule has 1 aliphatic heterocycles. The number of hydrogen-bond donors (Lipinski definition) is 4. The maximum atomic E-state index is 15.1. The molecule has 7 rings (SSSR count). The van der Waals surface area contributed by atoms with Crippen LogP contribution in [0.3, 0.4) is 0 Å². The first-order valence-electron chi connectivity index (χ1n) is 22.9. The zero-order valence-corrected chi connectivity index (χ0v) is 41.4. The van der Waals surface area contributed by atoms with Crippen molar-refractivity contribution in [3.63, 3.8) is 0 Å². The van der Waals surface area contributed by atoms with Gasteiger partial charge >= 0.3 is 12.1 Å². The van der Waals surface area contributed by atoms with Gasteiger partial charge in [0.2, 0.25) is 11.9 Å². The summed E-state index contributed by atoms with van der Waals surface area (Å²) in [4.78, 5) is 56.0. The van der Waals surface area contributed by atoms with Gasteiger partial charge in [-0.1, -0.05) is 66.9 Å². The second-order valence-electron chi connectivity index (χ2n) is 16.7. The van der Waals surface area contributed by atoms with Gasteiger partial charge in [-0.15, -0.1) is 0 Å². The molecule has 0 aliphatic carbocycles. The molecule has 4 amide bonds. The minimum atomic E-state index is -1.27. The highest BCUT2D eigenvalue weighted by Crippen LogP contribution is 2.51. The molecule has 4 N–H and O–H groups in total. The van der Waals surface area contributed by atoms with E-state index in [0.29, 0.717) is 60.6 Å². The number of thioether (sulfide) groups is 1. The van der Waals surface area contributed by atoms with Crippen molar-refractivity contribution in [3.05, 3.63) is 139 Å². The normalized spacial score (nSPS) is 14.3.